The molecule has 11 heteroatoms. The van der Waals surface area contributed by atoms with E-state index in [1.165, 1.54) is 6.26 Å². The molecule has 0 spiro atoms. The highest BCUT2D eigenvalue weighted by Crippen LogP contribution is 2.30. The average molecular weight is 499 g/mol. The van der Waals surface area contributed by atoms with Gasteiger partial charge in [-0.1, -0.05) is 12.1 Å². The minimum Gasteiger partial charge on any atom is -0.508 e. The summed E-state index contributed by atoms with van der Waals surface area (Å²) in [4.78, 5) is 18.6. The standard InChI is InChI=1S/C24H30N6O4S/c1-16-10-20(12-22(26-16)24(32)25-13-19-4-3-5-21(31)11-19)23-27-29-30(28-23)14-17-6-8-18(9-7-17)15-35(2,33)34/h3-5,10-12,17-18,31H,6-9,13-15H2,1-2H3,(H,25,32)/t17-,18-. The van der Waals surface area contributed by atoms with Crippen molar-refractivity contribution in [3.63, 3.8) is 0 Å². The lowest BCUT2D eigenvalue weighted by Crippen LogP contribution is -2.24. The van der Waals surface area contributed by atoms with Gasteiger partial charge in [0.2, 0.25) is 5.82 Å². The van der Waals surface area contributed by atoms with Crippen LogP contribution < -0.4 is 5.32 Å². The Morgan fingerprint density at radius 1 is 1.14 bits per heavy atom. The Bertz CT molecular complexity index is 1300. The molecular formula is C24H30N6O4S. The summed E-state index contributed by atoms with van der Waals surface area (Å²) in [5, 5.41) is 25.3. The topological polar surface area (TPSA) is 140 Å². The molecule has 0 aliphatic heterocycles. The molecule has 0 bridgehead atoms. The molecule has 10 nitrogen and oxygen atoms in total. The lowest BCUT2D eigenvalue weighted by Gasteiger charge is -2.27. The van der Waals surface area contributed by atoms with E-state index in [4.69, 9.17) is 0 Å². The fourth-order valence-electron chi connectivity index (χ4n) is 4.53. The monoisotopic (exact) mass is 498 g/mol. The summed E-state index contributed by atoms with van der Waals surface area (Å²) in [6, 6.07) is 10.2. The third kappa shape index (κ3) is 7.08. The van der Waals surface area contributed by atoms with Crippen LogP contribution in [0.5, 0.6) is 5.75 Å². The van der Waals surface area contributed by atoms with Gasteiger partial charge < -0.3 is 10.4 Å². The van der Waals surface area contributed by atoms with Gasteiger partial charge in [-0.05, 0) is 79.5 Å². The first-order chi connectivity index (χ1) is 16.6. The molecular weight excluding hydrogens is 468 g/mol. The van der Waals surface area contributed by atoms with Crippen LogP contribution in [-0.4, -0.2) is 56.6 Å². The van der Waals surface area contributed by atoms with E-state index in [1.54, 1.807) is 36.0 Å². The maximum absolute atomic E-state index is 12.7. The number of rotatable bonds is 8. The molecule has 3 aromatic rings. The summed E-state index contributed by atoms with van der Waals surface area (Å²) in [6.45, 7) is 2.69. The first kappa shape index (κ1) is 24.8. The zero-order valence-electron chi connectivity index (χ0n) is 19.9. The van der Waals surface area contributed by atoms with Crippen LogP contribution in [0.4, 0.5) is 0 Å². The van der Waals surface area contributed by atoms with Crippen molar-refractivity contribution in [2.24, 2.45) is 11.8 Å². The summed E-state index contributed by atoms with van der Waals surface area (Å²) in [6.07, 6.45) is 4.96. The van der Waals surface area contributed by atoms with Gasteiger partial charge in [0.05, 0.1) is 12.3 Å². The van der Waals surface area contributed by atoms with Gasteiger partial charge in [-0.15, -0.1) is 10.2 Å². The Morgan fingerprint density at radius 3 is 2.60 bits per heavy atom. The lowest BCUT2D eigenvalue weighted by molar-refractivity contribution is 0.0945. The van der Waals surface area contributed by atoms with Crippen molar-refractivity contribution < 1.29 is 18.3 Å². The molecule has 1 aliphatic rings. The Labute approximate surface area is 204 Å². The van der Waals surface area contributed by atoms with Crippen molar-refractivity contribution in [2.75, 3.05) is 12.0 Å². The SMILES string of the molecule is Cc1cc(-c2nnn(C[C@H]3CC[C@H](CS(C)(=O)=O)CC3)n2)cc(C(=O)NCc2cccc(O)c2)n1. The van der Waals surface area contributed by atoms with Crippen LogP contribution in [0.1, 0.15) is 47.4 Å². The molecule has 1 fully saturated rings. The number of aromatic hydroxyl groups is 1. The minimum atomic E-state index is -2.94. The highest BCUT2D eigenvalue weighted by molar-refractivity contribution is 7.90. The highest BCUT2D eigenvalue weighted by atomic mass is 32.2. The number of aromatic nitrogens is 5. The predicted octanol–water partition coefficient (Wildman–Crippen LogP) is 2.53. The third-order valence-electron chi connectivity index (χ3n) is 6.19. The number of pyridine rings is 1. The number of benzene rings is 1. The zero-order valence-corrected chi connectivity index (χ0v) is 20.7. The van der Waals surface area contributed by atoms with E-state index in [0.29, 0.717) is 29.5 Å². The van der Waals surface area contributed by atoms with Crippen LogP contribution >= 0.6 is 0 Å². The number of phenols is 1. The van der Waals surface area contributed by atoms with Gasteiger partial charge in [0.15, 0.2) is 0 Å². The second-order valence-corrected chi connectivity index (χ2v) is 11.6. The smallest absolute Gasteiger partial charge is 0.270 e. The van der Waals surface area contributed by atoms with E-state index < -0.39 is 9.84 Å². The van der Waals surface area contributed by atoms with Crippen LogP contribution in [0.3, 0.4) is 0 Å². The molecule has 2 N–H and O–H groups in total. The number of amides is 1. The Hall–Kier alpha value is -3.34. The summed E-state index contributed by atoms with van der Waals surface area (Å²) in [7, 11) is -2.94. The Morgan fingerprint density at radius 2 is 1.89 bits per heavy atom. The number of carbonyl (C=O) groups excluding carboxylic acids is 1. The normalized spacial score (nSPS) is 18.3. The van der Waals surface area contributed by atoms with Gasteiger partial charge in [0.25, 0.3) is 5.91 Å². The van der Waals surface area contributed by atoms with E-state index in [-0.39, 0.29) is 35.6 Å². The molecule has 2 heterocycles. The van der Waals surface area contributed by atoms with E-state index in [0.717, 1.165) is 31.2 Å². The molecule has 4 rings (SSSR count). The molecule has 186 valence electrons. The van der Waals surface area contributed by atoms with Crippen LogP contribution in [0.25, 0.3) is 11.4 Å². The summed E-state index contributed by atoms with van der Waals surface area (Å²) < 4.78 is 23.1. The quantitative estimate of drug-likeness (QED) is 0.483. The second kappa shape index (κ2) is 10.5. The van der Waals surface area contributed by atoms with Crippen LogP contribution in [0, 0.1) is 18.8 Å². The van der Waals surface area contributed by atoms with Gasteiger partial charge in [-0.3, -0.25) is 4.79 Å². The van der Waals surface area contributed by atoms with Gasteiger partial charge in [0, 0.05) is 24.1 Å². The van der Waals surface area contributed by atoms with Crippen molar-refractivity contribution in [3.05, 3.63) is 53.3 Å². The number of phenolic OH excluding ortho intramolecular Hbond substituents is 1. The largest absolute Gasteiger partial charge is 0.508 e. The van der Waals surface area contributed by atoms with Crippen molar-refractivity contribution in [2.45, 2.75) is 45.7 Å². The number of carbonyl (C=O) groups is 1. The summed E-state index contributed by atoms with van der Waals surface area (Å²) in [5.74, 6) is 1.10. The molecule has 35 heavy (non-hydrogen) atoms. The third-order valence-corrected chi connectivity index (χ3v) is 7.26. The highest BCUT2D eigenvalue weighted by Gasteiger charge is 2.25. The number of hydrogen-bond acceptors (Lipinski definition) is 8. The van der Waals surface area contributed by atoms with E-state index >= 15 is 0 Å². The molecule has 1 saturated carbocycles. The molecule has 0 saturated heterocycles. The van der Waals surface area contributed by atoms with Crippen molar-refractivity contribution >= 4 is 15.7 Å². The number of hydrogen-bond donors (Lipinski definition) is 2. The fraction of sp³-hybridized carbons (Fsp3) is 0.458. The van der Waals surface area contributed by atoms with Gasteiger partial charge in [-0.25, -0.2) is 13.4 Å². The number of aryl methyl sites for hydroxylation is 1. The second-order valence-electron chi connectivity index (χ2n) is 9.38. The van der Waals surface area contributed by atoms with E-state index in [2.05, 4.69) is 25.7 Å². The van der Waals surface area contributed by atoms with Crippen LogP contribution in [0.2, 0.25) is 0 Å². The molecule has 2 aromatic heterocycles. The minimum absolute atomic E-state index is 0.142. The first-order valence-electron chi connectivity index (χ1n) is 11.7. The summed E-state index contributed by atoms with van der Waals surface area (Å²) >= 11 is 0. The summed E-state index contributed by atoms with van der Waals surface area (Å²) in [5.41, 5.74) is 2.34. The molecule has 1 aromatic carbocycles. The van der Waals surface area contributed by atoms with Crippen LogP contribution in [0.15, 0.2) is 36.4 Å². The molecule has 1 amide bonds. The van der Waals surface area contributed by atoms with Crippen molar-refractivity contribution in [1.82, 2.24) is 30.5 Å². The van der Waals surface area contributed by atoms with Gasteiger partial charge in [0.1, 0.15) is 21.3 Å². The first-order valence-corrected chi connectivity index (χ1v) is 13.7. The predicted molar refractivity (Wildman–Crippen MR) is 130 cm³/mol. The lowest BCUT2D eigenvalue weighted by atomic mass is 9.83. The molecule has 1 aliphatic carbocycles. The van der Waals surface area contributed by atoms with Crippen molar-refractivity contribution in [1.29, 1.82) is 0 Å². The number of sulfone groups is 1. The molecule has 0 radical (unpaired) electrons. The van der Waals surface area contributed by atoms with E-state index in [9.17, 15) is 18.3 Å². The van der Waals surface area contributed by atoms with Crippen LogP contribution in [-0.2, 0) is 22.9 Å². The molecule has 0 unspecified atom stereocenters. The van der Waals surface area contributed by atoms with E-state index in [1.807, 2.05) is 12.1 Å². The Kier molecular flexibility index (Phi) is 7.44. The number of nitrogens with one attached hydrogen (secondary N) is 1. The maximum Gasteiger partial charge on any atom is 0.270 e. The van der Waals surface area contributed by atoms with Crippen molar-refractivity contribution in [3.8, 4) is 17.1 Å². The number of tetrazole rings is 1. The molecule has 0 atom stereocenters. The maximum atomic E-state index is 12.7. The fourth-order valence-corrected chi connectivity index (χ4v) is 5.72. The van der Waals surface area contributed by atoms with Gasteiger partial charge in [-0.2, -0.15) is 4.80 Å². The average Bonchev–Trinajstić information content (AvgIpc) is 3.26. The zero-order chi connectivity index (χ0) is 25.0. The number of nitrogens with zero attached hydrogens (tertiary/aromatic N) is 5. The van der Waals surface area contributed by atoms with Gasteiger partial charge >= 0.3 is 0 Å². The Balaban J connectivity index is 1.37.